The summed E-state index contributed by atoms with van der Waals surface area (Å²) in [5.41, 5.74) is 3.94. The highest BCUT2D eigenvalue weighted by Gasteiger charge is 2.35. The third-order valence-electron chi connectivity index (χ3n) is 8.37. The first kappa shape index (κ1) is 29.8. The highest BCUT2D eigenvalue weighted by molar-refractivity contribution is 7.89. The molecule has 2 saturated heterocycles. The second kappa shape index (κ2) is 13.2. The highest BCUT2D eigenvalue weighted by atomic mass is 32.2. The van der Waals surface area contributed by atoms with E-state index in [1.54, 1.807) is 24.4 Å². The fourth-order valence-electron chi connectivity index (χ4n) is 5.98. The van der Waals surface area contributed by atoms with Crippen LogP contribution in [0.15, 0.2) is 90.0 Å². The van der Waals surface area contributed by atoms with Crippen molar-refractivity contribution in [3.8, 4) is 0 Å². The number of nitrogens with one attached hydrogen (secondary N) is 1. The Kier molecular flexibility index (Phi) is 9.15. The van der Waals surface area contributed by atoms with Gasteiger partial charge in [-0.05, 0) is 48.2 Å². The van der Waals surface area contributed by atoms with Crippen LogP contribution in [0.3, 0.4) is 0 Å². The molecule has 43 heavy (non-hydrogen) atoms. The number of benzene rings is 3. The van der Waals surface area contributed by atoms with Gasteiger partial charge in [0.15, 0.2) is 6.29 Å². The number of rotatable bonds is 10. The van der Waals surface area contributed by atoms with Gasteiger partial charge in [-0.3, -0.25) is 9.88 Å². The van der Waals surface area contributed by atoms with E-state index in [2.05, 4.69) is 14.6 Å². The van der Waals surface area contributed by atoms with Crippen LogP contribution in [-0.4, -0.2) is 60.4 Å². The van der Waals surface area contributed by atoms with Gasteiger partial charge in [0, 0.05) is 42.7 Å². The minimum atomic E-state index is -3.78. The molecule has 6 rings (SSSR count). The number of fused-ring (bicyclic) bond motifs is 1. The van der Waals surface area contributed by atoms with Gasteiger partial charge in [-0.2, -0.15) is 0 Å². The number of sulfonamides is 1. The predicted molar refractivity (Wildman–Crippen MR) is 162 cm³/mol. The Morgan fingerprint density at radius 1 is 0.907 bits per heavy atom. The number of pyridine rings is 1. The van der Waals surface area contributed by atoms with Crippen LogP contribution in [-0.2, 0) is 32.6 Å². The van der Waals surface area contributed by atoms with E-state index in [-0.39, 0.29) is 42.9 Å². The fourth-order valence-corrected chi connectivity index (χ4v) is 7.17. The lowest BCUT2D eigenvalue weighted by Crippen LogP contribution is -2.42. The van der Waals surface area contributed by atoms with Crippen LogP contribution in [0.5, 0.6) is 0 Å². The molecule has 3 heterocycles. The summed E-state index contributed by atoms with van der Waals surface area (Å²) in [6.07, 6.45) is 3.40. The lowest BCUT2D eigenvalue weighted by molar-refractivity contribution is -0.253. The lowest BCUT2D eigenvalue weighted by Gasteiger charge is -2.38. The number of aromatic nitrogens is 1. The first-order valence-electron chi connectivity index (χ1n) is 14.7. The van der Waals surface area contributed by atoms with Crippen molar-refractivity contribution in [1.82, 2.24) is 14.6 Å². The molecule has 4 aromatic rings. The maximum atomic E-state index is 13.1. The van der Waals surface area contributed by atoms with E-state index in [0.29, 0.717) is 18.5 Å². The zero-order chi connectivity index (χ0) is 29.8. The van der Waals surface area contributed by atoms with Crippen LogP contribution in [0, 0.1) is 0 Å². The van der Waals surface area contributed by atoms with Crippen molar-refractivity contribution < 1.29 is 28.1 Å². The number of likely N-dealkylation sites (tertiary alicyclic amines) is 1. The van der Waals surface area contributed by atoms with Gasteiger partial charge in [-0.25, -0.2) is 13.1 Å². The Labute approximate surface area is 252 Å². The number of aliphatic hydroxyl groups excluding tert-OH is 2. The molecule has 0 radical (unpaired) electrons. The number of ether oxygens (including phenoxy) is 2. The minimum absolute atomic E-state index is 0.0149. The van der Waals surface area contributed by atoms with Crippen molar-refractivity contribution in [2.45, 2.75) is 61.8 Å². The van der Waals surface area contributed by atoms with Crippen LogP contribution >= 0.6 is 0 Å². The summed E-state index contributed by atoms with van der Waals surface area (Å²) in [7, 11) is -3.78. The molecule has 1 aromatic heterocycles. The molecule has 226 valence electrons. The van der Waals surface area contributed by atoms with Gasteiger partial charge in [0.05, 0.1) is 30.9 Å². The Hall–Kier alpha value is -3.22. The van der Waals surface area contributed by atoms with Crippen LogP contribution in [0.4, 0.5) is 0 Å². The minimum Gasteiger partial charge on any atom is -0.395 e. The van der Waals surface area contributed by atoms with E-state index in [4.69, 9.17) is 9.47 Å². The topological polar surface area (TPSA) is 121 Å². The van der Waals surface area contributed by atoms with Crippen molar-refractivity contribution in [3.05, 3.63) is 107 Å². The SMILES string of the molecule is O=S(=O)(NCc1ccc(C2O[C@H](CN3CCC[C@H]3CO)C[C@H](c3ccc(CO)cc3)O2)cc1)c1cccc2cccnc12. The fraction of sp³-hybridized carbons (Fsp3) is 0.364. The summed E-state index contributed by atoms with van der Waals surface area (Å²) in [5, 5.41) is 20.1. The van der Waals surface area contributed by atoms with Crippen molar-refractivity contribution in [3.63, 3.8) is 0 Å². The number of hydrogen-bond donors (Lipinski definition) is 3. The first-order chi connectivity index (χ1) is 20.9. The molecule has 10 heteroatoms. The molecule has 2 fully saturated rings. The number of para-hydroxylation sites is 1. The van der Waals surface area contributed by atoms with Gasteiger partial charge in [-0.1, -0.05) is 66.7 Å². The highest BCUT2D eigenvalue weighted by Crippen LogP contribution is 2.38. The van der Waals surface area contributed by atoms with Crippen molar-refractivity contribution in [1.29, 1.82) is 0 Å². The molecule has 0 amide bonds. The molecule has 0 bridgehead atoms. The summed E-state index contributed by atoms with van der Waals surface area (Å²) in [5.74, 6) is 0. The Morgan fingerprint density at radius 3 is 2.42 bits per heavy atom. The van der Waals surface area contributed by atoms with Gasteiger partial charge in [0.1, 0.15) is 4.90 Å². The van der Waals surface area contributed by atoms with Gasteiger partial charge in [0.2, 0.25) is 10.0 Å². The molecule has 3 N–H and O–H groups in total. The Balaban J connectivity index is 1.17. The second-order valence-corrected chi connectivity index (χ2v) is 13.0. The Bertz CT molecular complexity index is 1630. The number of aliphatic hydroxyl groups is 2. The van der Waals surface area contributed by atoms with Crippen LogP contribution < -0.4 is 4.72 Å². The molecular formula is C33H37N3O6S. The molecule has 1 unspecified atom stereocenters. The summed E-state index contributed by atoms with van der Waals surface area (Å²) >= 11 is 0. The summed E-state index contributed by atoms with van der Waals surface area (Å²) in [6.45, 7) is 1.89. The third-order valence-corrected chi connectivity index (χ3v) is 9.80. The monoisotopic (exact) mass is 603 g/mol. The van der Waals surface area contributed by atoms with E-state index < -0.39 is 16.3 Å². The zero-order valence-electron chi connectivity index (χ0n) is 23.9. The smallest absolute Gasteiger partial charge is 0.243 e. The maximum absolute atomic E-state index is 13.1. The Morgan fingerprint density at radius 2 is 1.65 bits per heavy atom. The summed E-state index contributed by atoms with van der Waals surface area (Å²) < 4.78 is 41.9. The normalized spacial score (nSPS) is 23.1. The summed E-state index contributed by atoms with van der Waals surface area (Å²) in [4.78, 5) is 6.73. The van der Waals surface area contributed by atoms with E-state index in [0.717, 1.165) is 47.0 Å². The standard InChI is InChI=1S/C33H37N3O6S/c37-21-24-10-12-25(13-11-24)30-18-29(20-36-17-3-6-28(36)22-38)41-33(42-30)27-14-8-23(9-15-27)19-35-43(39,40)31-7-1-4-26-5-2-16-34-32(26)31/h1-2,4-5,7-16,28-30,33,35,37-38H,3,6,17-22H2/t28-,29-,30+,33?/m0/s1. The molecular weight excluding hydrogens is 566 g/mol. The van der Waals surface area contributed by atoms with Gasteiger partial charge < -0.3 is 19.7 Å². The summed E-state index contributed by atoms with van der Waals surface area (Å²) in [6, 6.07) is 24.3. The van der Waals surface area contributed by atoms with Crippen LogP contribution in [0.2, 0.25) is 0 Å². The van der Waals surface area contributed by atoms with Crippen molar-refractivity contribution >= 4 is 20.9 Å². The van der Waals surface area contributed by atoms with Gasteiger partial charge in [0.25, 0.3) is 0 Å². The number of nitrogens with zero attached hydrogens (tertiary/aromatic N) is 2. The zero-order valence-corrected chi connectivity index (χ0v) is 24.7. The number of hydrogen-bond acceptors (Lipinski definition) is 8. The van der Waals surface area contributed by atoms with Crippen LogP contribution in [0.25, 0.3) is 10.9 Å². The predicted octanol–water partition coefficient (Wildman–Crippen LogP) is 4.21. The van der Waals surface area contributed by atoms with Crippen molar-refractivity contribution in [2.24, 2.45) is 0 Å². The molecule has 0 aliphatic carbocycles. The molecule has 2 aliphatic heterocycles. The second-order valence-electron chi connectivity index (χ2n) is 11.2. The lowest BCUT2D eigenvalue weighted by atomic mass is 9.99. The molecule has 4 atom stereocenters. The van der Waals surface area contributed by atoms with Crippen LogP contribution in [0.1, 0.15) is 53.9 Å². The average molecular weight is 604 g/mol. The van der Waals surface area contributed by atoms with E-state index in [1.807, 2.05) is 60.7 Å². The maximum Gasteiger partial charge on any atom is 0.243 e. The van der Waals surface area contributed by atoms with Gasteiger partial charge in [-0.15, -0.1) is 0 Å². The molecule has 3 aromatic carbocycles. The first-order valence-corrected chi connectivity index (χ1v) is 16.2. The third kappa shape index (κ3) is 6.81. The van der Waals surface area contributed by atoms with Gasteiger partial charge >= 0.3 is 0 Å². The van der Waals surface area contributed by atoms with E-state index >= 15 is 0 Å². The largest absolute Gasteiger partial charge is 0.395 e. The molecule has 0 spiro atoms. The van der Waals surface area contributed by atoms with E-state index in [1.165, 1.54) is 0 Å². The quantitative estimate of drug-likeness (QED) is 0.247. The van der Waals surface area contributed by atoms with Crippen molar-refractivity contribution in [2.75, 3.05) is 19.7 Å². The molecule has 2 aliphatic rings. The van der Waals surface area contributed by atoms with E-state index in [9.17, 15) is 18.6 Å². The molecule has 9 nitrogen and oxygen atoms in total. The average Bonchev–Trinajstić information content (AvgIpc) is 3.50. The molecule has 0 saturated carbocycles.